The summed E-state index contributed by atoms with van der Waals surface area (Å²) in [4.78, 5) is 23.3. The Labute approximate surface area is 171 Å². The third kappa shape index (κ3) is 4.70. The van der Waals surface area contributed by atoms with Gasteiger partial charge in [-0.2, -0.15) is 0 Å². The van der Waals surface area contributed by atoms with Crippen LogP contribution in [-0.4, -0.2) is 55.8 Å². The van der Waals surface area contributed by atoms with Gasteiger partial charge in [-0.05, 0) is 30.7 Å². The van der Waals surface area contributed by atoms with Crippen LogP contribution in [0.15, 0.2) is 18.5 Å². The Bertz CT molecular complexity index is 850. The van der Waals surface area contributed by atoms with Crippen LogP contribution in [0.5, 0.6) is 11.5 Å². The molecule has 1 aliphatic heterocycles. The highest BCUT2D eigenvalue weighted by atomic mass is 16.5. The molecule has 158 valence electrons. The molecular formula is C21H31N5O3. The third-order valence-corrected chi connectivity index (χ3v) is 5.62. The Hall–Kier alpha value is -2.61. The summed E-state index contributed by atoms with van der Waals surface area (Å²) in [6.07, 6.45) is 3.55. The molecule has 0 radical (unpaired) electrons. The molecule has 2 aromatic rings. The molecule has 1 aliphatic rings. The number of nitrogens with zero attached hydrogens (tertiary/aromatic N) is 3. The number of benzene rings is 1. The van der Waals surface area contributed by atoms with E-state index in [4.69, 9.17) is 15.2 Å². The van der Waals surface area contributed by atoms with E-state index in [0.29, 0.717) is 24.0 Å². The minimum Gasteiger partial charge on any atom is -0.493 e. The topological polar surface area (TPSA) is 103 Å². The fraction of sp³-hybridized carbons (Fsp3) is 0.571. The second-order valence-corrected chi connectivity index (χ2v) is 7.87. The van der Waals surface area contributed by atoms with Crippen LogP contribution in [0.1, 0.15) is 26.7 Å². The van der Waals surface area contributed by atoms with Gasteiger partial charge in [-0.15, -0.1) is 0 Å². The first-order chi connectivity index (χ1) is 13.9. The number of hydrogen-bond acceptors (Lipinski definition) is 7. The molecule has 2 heterocycles. The molecule has 1 aromatic carbocycles. The van der Waals surface area contributed by atoms with Crippen molar-refractivity contribution < 1.29 is 14.3 Å². The van der Waals surface area contributed by atoms with E-state index in [0.717, 1.165) is 42.7 Å². The first-order valence-corrected chi connectivity index (χ1v) is 10.1. The maximum absolute atomic E-state index is 12.1. The number of fused-ring (bicyclic) bond motifs is 1. The maximum Gasteiger partial charge on any atom is 0.237 e. The molecule has 1 saturated heterocycles. The number of amides is 1. The van der Waals surface area contributed by atoms with Crippen molar-refractivity contribution >= 4 is 22.6 Å². The summed E-state index contributed by atoms with van der Waals surface area (Å²) < 4.78 is 10.8. The lowest BCUT2D eigenvalue weighted by Gasteiger charge is -2.33. The lowest BCUT2D eigenvalue weighted by Crippen LogP contribution is -2.46. The minimum absolute atomic E-state index is 0.0646. The molecule has 3 rings (SSSR count). The largest absolute Gasteiger partial charge is 0.493 e. The van der Waals surface area contributed by atoms with Crippen molar-refractivity contribution in [1.82, 2.24) is 15.3 Å². The summed E-state index contributed by atoms with van der Waals surface area (Å²) >= 11 is 0. The molecule has 0 aliphatic carbocycles. The molecule has 0 saturated carbocycles. The summed E-state index contributed by atoms with van der Waals surface area (Å²) in [5.41, 5.74) is 6.74. The Morgan fingerprint density at radius 2 is 1.86 bits per heavy atom. The number of anilines is 1. The molecule has 1 aromatic heterocycles. The van der Waals surface area contributed by atoms with E-state index >= 15 is 0 Å². The molecule has 8 heteroatoms. The van der Waals surface area contributed by atoms with Crippen molar-refractivity contribution in [2.24, 2.45) is 17.6 Å². The fourth-order valence-electron chi connectivity index (χ4n) is 3.64. The van der Waals surface area contributed by atoms with Gasteiger partial charge in [0.15, 0.2) is 11.5 Å². The van der Waals surface area contributed by atoms with Crippen molar-refractivity contribution in [1.29, 1.82) is 0 Å². The number of ether oxygens (including phenoxy) is 2. The smallest absolute Gasteiger partial charge is 0.237 e. The predicted molar refractivity (Wildman–Crippen MR) is 113 cm³/mol. The lowest BCUT2D eigenvalue weighted by molar-refractivity contribution is -0.123. The molecule has 3 N–H and O–H groups in total. The van der Waals surface area contributed by atoms with Crippen molar-refractivity contribution in [2.75, 3.05) is 38.8 Å². The van der Waals surface area contributed by atoms with Gasteiger partial charge < -0.3 is 25.4 Å². The van der Waals surface area contributed by atoms with Gasteiger partial charge in [0.05, 0.1) is 25.8 Å². The maximum atomic E-state index is 12.1. The normalized spacial score (nSPS) is 16.1. The summed E-state index contributed by atoms with van der Waals surface area (Å²) in [6, 6.07) is 3.36. The lowest BCUT2D eigenvalue weighted by atomic mass is 9.96. The number of methoxy groups -OCH3 is 2. The van der Waals surface area contributed by atoms with Gasteiger partial charge in [-0.1, -0.05) is 13.8 Å². The average Bonchev–Trinajstić information content (AvgIpc) is 2.75. The SMILES string of the molecule is COc1cc2ncnc(N3CCC(CNC(=O)[C@@H](N)C(C)C)CC3)c2cc1OC. The average molecular weight is 402 g/mol. The van der Waals surface area contributed by atoms with E-state index in [1.807, 2.05) is 26.0 Å². The van der Waals surface area contributed by atoms with E-state index in [1.165, 1.54) is 0 Å². The molecule has 1 fully saturated rings. The predicted octanol–water partition coefficient (Wildman–Crippen LogP) is 1.96. The summed E-state index contributed by atoms with van der Waals surface area (Å²) in [7, 11) is 3.24. The second kappa shape index (κ2) is 9.26. The van der Waals surface area contributed by atoms with E-state index in [1.54, 1.807) is 20.5 Å². The van der Waals surface area contributed by atoms with Gasteiger partial charge in [-0.3, -0.25) is 4.79 Å². The zero-order chi connectivity index (χ0) is 21.0. The highest BCUT2D eigenvalue weighted by Gasteiger charge is 2.24. The molecule has 0 unspecified atom stereocenters. The Kier molecular flexibility index (Phi) is 6.74. The first kappa shape index (κ1) is 21.1. The molecular weight excluding hydrogens is 370 g/mol. The number of aromatic nitrogens is 2. The van der Waals surface area contributed by atoms with Crippen molar-refractivity contribution in [3.8, 4) is 11.5 Å². The van der Waals surface area contributed by atoms with Crippen LogP contribution in [0, 0.1) is 11.8 Å². The van der Waals surface area contributed by atoms with Gasteiger partial charge >= 0.3 is 0 Å². The van der Waals surface area contributed by atoms with Crippen LogP contribution >= 0.6 is 0 Å². The second-order valence-electron chi connectivity index (χ2n) is 7.87. The standard InChI is InChI=1S/C21H31N5O3/c1-13(2)19(22)21(27)23-11-14-5-7-26(8-6-14)20-15-9-17(28-3)18(29-4)10-16(15)24-12-25-20/h9-10,12-14,19H,5-8,11,22H2,1-4H3,(H,23,27)/t19-/m0/s1. The highest BCUT2D eigenvalue weighted by molar-refractivity contribution is 5.92. The van der Waals surface area contributed by atoms with Crippen LogP contribution in [0.25, 0.3) is 10.9 Å². The van der Waals surface area contributed by atoms with Crippen molar-refractivity contribution in [3.05, 3.63) is 18.5 Å². The van der Waals surface area contributed by atoms with Crippen LogP contribution in [0.4, 0.5) is 5.82 Å². The van der Waals surface area contributed by atoms with Gasteiger partial charge in [-0.25, -0.2) is 9.97 Å². The quantitative estimate of drug-likeness (QED) is 0.731. The van der Waals surface area contributed by atoms with Crippen LogP contribution in [-0.2, 0) is 4.79 Å². The summed E-state index contributed by atoms with van der Waals surface area (Å²) in [5, 5.41) is 3.95. The number of rotatable bonds is 7. The molecule has 0 spiro atoms. The summed E-state index contributed by atoms with van der Waals surface area (Å²) in [6.45, 7) is 6.33. The number of hydrogen-bond donors (Lipinski definition) is 2. The first-order valence-electron chi connectivity index (χ1n) is 10.1. The minimum atomic E-state index is -0.450. The molecule has 29 heavy (non-hydrogen) atoms. The number of piperidine rings is 1. The van der Waals surface area contributed by atoms with Crippen molar-refractivity contribution in [2.45, 2.75) is 32.7 Å². The molecule has 1 atom stereocenters. The van der Waals surface area contributed by atoms with Gasteiger partial charge in [0, 0.05) is 31.1 Å². The van der Waals surface area contributed by atoms with Crippen LogP contribution < -0.4 is 25.4 Å². The van der Waals surface area contributed by atoms with E-state index in [-0.39, 0.29) is 11.8 Å². The number of carbonyl (C=O) groups is 1. The number of carbonyl (C=O) groups excluding carboxylic acids is 1. The van der Waals surface area contributed by atoms with Gasteiger partial charge in [0.2, 0.25) is 5.91 Å². The number of nitrogens with two attached hydrogens (primary N) is 1. The zero-order valence-electron chi connectivity index (χ0n) is 17.6. The van der Waals surface area contributed by atoms with Gasteiger partial charge in [0.1, 0.15) is 12.1 Å². The van der Waals surface area contributed by atoms with Crippen molar-refractivity contribution in [3.63, 3.8) is 0 Å². The highest BCUT2D eigenvalue weighted by Crippen LogP contribution is 2.35. The van der Waals surface area contributed by atoms with E-state index in [9.17, 15) is 4.79 Å². The number of nitrogens with one attached hydrogen (secondary N) is 1. The Morgan fingerprint density at radius 1 is 1.21 bits per heavy atom. The van der Waals surface area contributed by atoms with Crippen LogP contribution in [0.2, 0.25) is 0 Å². The van der Waals surface area contributed by atoms with E-state index < -0.39 is 6.04 Å². The summed E-state index contributed by atoms with van der Waals surface area (Å²) in [5.74, 6) is 2.73. The molecule has 8 nitrogen and oxygen atoms in total. The van der Waals surface area contributed by atoms with Crippen LogP contribution in [0.3, 0.4) is 0 Å². The van der Waals surface area contributed by atoms with E-state index in [2.05, 4.69) is 20.2 Å². The fourth-order valence-corrected chi connectivity index (χ4v) is 3.64. The Morgan fingerprint density at radius 3 is 2.48 bits per heavy atom. The zero-order valence-corrected chi connectivity index (χ0v) is 17.6. The third-order valence-electron chi connectivity index (χ3n) is 5.62. The molecule has 0 bridgehead atoms. The molecule has 1 amide bonds. The Balaban J connectivity index is 1.66. The monoisotopic (exact) mass is 401 g/mol. The van der Waals surface area contributed by atoms with Gasteiger partial charge in [0.25, 0.3) is 0 Å².